The van der Waals surface area contributed by atoms with Crippen LogP contribution in [0.15, 0.2) is 18.2 Å². The lowest BCUT2D eigenvalue weighted by Gasteiger charge is -2.39. The van der Waals surface area contributed by atoms with Gasteiger partial charge in [-0.3, -0.25) is 4.79 Å². The molecule has 0 bridgehead atoms. The van der Waals surface area contributed by atoms with Crippen molar-refractivity contribution in [3.8, 4) is 0 Å². The first-order valence-electron chi connectivity index (χ1n) is 7.68. The molecule has 4 nitrogen and oxygen atoms in total. The van der Waals surface area contributed by atoms with E-state index in [9.17, 15) is 4.79 Å². The van der Waals surface area contributed by atoms with Crippen LogP contribution in [-0.4, -0.2) is 30.0 Å². The first-order chi connectivity index (χ1) is 10.4. The van der Waals surface area contributed by atoms with Gasteiger partial charge in [0.1, 0.15) is 0 Å². The van der Waals surface area contributed by atoms with E-state index in [1.807, 2.05) is 25.1 Å². The molecule has 1 aromatic heterocycles. The Morgan fingerprint density at radius 2 is 2.18 bits per heavy atom. The zero-order chi connectivity index (χ0) is 15.9. The summed E-state index contributed by atoms with van der Waals surface area (Å²) in [4.78, 5) is 16.1. The van der Waals surface area contributed by atoms with Gasteiger partial charge in [-0.1, -0.05) is 25.4 Å². The van der Waals surface area contributed by atoms with Gasteiger partial charge in [0.05, 0.1) is 5.56 Å². The van der Waals surface area contributed by atoms with Gasteiger partial charge in [-0.25, -0.2) is 0 Å². The van der Waals surface area contributed by atoms with E-state index >= 15 is 0 Å². The number of aromatic nitrogens is 1. The minimum absolute atomic E-state index is 0.0222. The van der Waals surface area contributed by atoms with Crippen LogP contribution in [0.5, 0.6) is 0 Å². The zero-order valence-electron chi connectivity index (χ0n) is 13.2. The second-order valence-corrected chi connectivity index (χ2v) is 7.23. The number of amides is 1. The molecule has 5 heteroatoms. The highest BCUT2D eigenvalue weighted by atomic mass is 35.5. The van der Waals surface area contributed by atoms with E-state index in [1.165, 1.54) is 0 Å². The van der Waals surface area contributed by atoms with E-state index in [2.05, 4.69) is 29.5 Å². The van der Waals surface area contributed by atoms with Crippen molar-refractivity contribution in [1.82, 2.24) is 15.6 Å². The number of hydrogen-bond donors (Lipinski definition) is 3. The zero-order valence-corrected chi connectivity index (χ0v) is 14.0. The van der Waals surface area contributed by atoms with Crippen LogP contribution in [0.4, 0.5) is 0 Å². The summed E-state index contributed by atoms with van der Waals surface area (Å²) in [7, 11) is 0. The van der Waals surface area contributed by atoms with Gasteiger partial charge in [-0.2, -0.15) is 0 Å². The number of aromatic amines is 1. The first-order valence-corrected chi connectivity index (χ1v) is 8.06. The van der Waals surface area contributed by atoms with E-state index < -0.39 is 0 Å². The van der Waals surface area contributed by atoms with E-state index in [0.717, 1.165) is 36.1 Å². The quantitative estimate of drug-likeness (QED) is 0.796. The number of halogens is 1. The maximum atomic E-state index is 12.8. The van der Waals surface area contributed by atoms with E-state index in [-0.39, 0.29) is 17.4 Å². The van der Waals surface area contributed by atoms with Crippen LogP contribution in [0.3, 0.4) is 0 Å². The van der Waals surface area contributed by atoms with Gasteiger partial charge in [0, 0.05) is 34.2 Å². The fraction of sp³-hybridized carbons (Fsp3) is 0.471. The lowest BCUT2D eigenvalue weighted by atomic mass is 9.80. The second kappa shape index (κ2) is 5.60. The molecule has 22 heavy (non-hydrogen) atoms. The molecular weight excluding hydrogens is 298 g/mol. The molecule has 1 fully saturated rings. The van der Waals surface area contributed by atoms with Crippen LogP contribution in [0.25, 0.3) is 10.9 Å². The van der Waals surface area contributed by atoms with Crippen molar-refractivity contribution < 1.29 is 4.79 Å². The highest BCUT2D eigenvalue weighted by molar-refractivity contribution is 6.31. The predicted octanol–water partition coefficient (Wildman–Crippen LogP) is 3.25. The summed E-state index contributed by atoms with van der Waals surface area (Å²) in [6.07, 6.45) is 0.945. The van der Waals surface area contributed by atoms with Crippen molar-refractivity contribution in [3.63, 3.8) is 0 Å². The Morgan fingerprint density at radius 3 is 2.91 bits per heavy atom. The maximum Gasteiger partial charge on any atom is 0.253 e. The Hall–Kier alpha value is -1.52. The highest BCUT2D eigenvalue weighted by Crippen LogP contribution is 2.28. The van der Waals surface area contributed by atoms with Crippen LogP contribution in [0.2, 0.25) is 5.02 Å². The number of aryl methyl sites for hydroxylation is 1. The molecule has 0 radical (unpaired) electrons. The highest BCUT2D eigenvalue weighted by Gasteiger charge is 2.34. The Kier molecular flexibility index (Phi) is 3.91. The molecule has 1 unspecified atom stereocenters. The molecule has 3 N–H and O–H groups in total. The number of carbonyl (C=O) groups is 1. The Bertz CT molecular complexity index is 720. The molecular formula is C17H22ClN3O. The topological polar surface area (TPSA) is 56.9 Å². The molecule has 1 aliphatic heterocycles. The van der Waals surface area contributed by atoms with Crippen LogP contribution >= 0.6 is 11.6 Å². The molecule has 1 aromatic carbocycles. The van der Waals surface area contributed by atoms with E-state index in [0.29, 0.717) is 10.6 Å². The summed E-state index contributed by atoms with van der Waals surface area (Å²) in [6, 6.07) is 5.76. The fourth-order valence-electron chi connectivity index (χ4n) is 3.26. The molecule has 2 aromatic rings. The van der Waals surface area contributed by atoms with Crippen LogP contribution in [0.1, 0.15) is 36.3 Å². The molecule has 0 aliphatic carbocycles. The molecule has 1 amide bonds. The predicted molar refractivity (Wildman–Crippen MR) is 90.6 cm³/mol. The number of hydrogen-bond acceptors (Lipinski definition) is 2. The van der Waals surface area contributed by atoms with Gasteiger partial charge >= 0.3 is 0 Å². The molecule has 0 saturated carbocycles. The Labute approximate surface area is 135 Å². The summed E-state index contributed by atoms with van der Waals surface area (Å²) in [5.74, 6) is -0.0222. The van der Waals surface area contributed by atoms with Crippen LogP contribution in [0, 0.1) is 12.3 Å². The minimum Gasteiger partial charge on any atom is -0.358 e. The third-order valence-electron chi connectivity index (χ3n) is 4.61. The SMILES string of the molecule is Cc1[nH]c2ccc(Cl)cc2c1C(=O)NC1CCNCC1(C)C. The fourth-order valence-corrected chi connectivity index (χ4v) is 3.43. The number of benzene rings is 1. The maximum absolute atomic E-state index is 12.8. The average molecular weight is 320 g/mol. The standard InChI is InChI=1S/C17H22ClN3O/c1-10-15(12-8-11(18)4-5-13(12)20-10)16(22)21-14-6-7-19-9-17(14,2)3/h4-5,8,14,19-20H,6-7,9H2,1-3H3,(H,21,22). The summed E-state index contributed by atoms with van der Waals surface area (Å²) in [5, 5.41) is 8.13. The number of nitrogens with one attached hydrogen (secondary N) is 3. The van der Waals surface area contributed by atoms with Gasteiger partial charge in [0.2, 0.25) is 0 Å². The van der Waals surface area contributed by atoms with Gasteiger partial charge in [0.25, 0.3) is 5.91 Å². The first kappa shape index (κ1) is 15.4. The van der Waals surface area contributed by atoms with Crippen molar-refractivity contribution >= 4 is 28.4 Å². The number of carbonyl (C=O) groups excluding carboxylic acids is 1. The number of H-pyrrole nitrogens is 1. The van der Waals surface area contributed by atoms with Crippen molar-refractivity contribution in [2.75, 3.05) is 13.1 Å². The van der Waals surface area contributed by atoms with E-state index in [4.69, 9.17) is 11.6 Å². The number of piperidine rings is 1. The van der Waals surface area contributed by atoms with Crippen molar-refractivity contribution in [2.45, 2.75) is 33.2 Å². The molecule has 0 spiro atoms. The summed E-state index contributed by atoms with van der Waals surface area (Å²) in [6.45, 7) is 8.15. The largest absolute Gasteiger partial charge is 0.358 e. The lowest BCUT2D eigenvalue weighted by molar-refractivity contribution is 0.0870. The molecule has 3 rings (SSSR count). The molecule has 1 atom stereocenters. The third-order valence-corrected chi connectivity index (χ3v) is 4.85. The number of rotatable bonds is 2. The number of fused-ring (bicyclic) bond motifs is 1. The van der Waals surface area contributed by atoms with E-state index in [1.54, 1.807) is 0 Å². The second-order valence-electron chi connectivity index (χ2n) is 6.79. The summed E-state index contributed by atoms with van der Waals surface area (Å²) >= 11 is 6.09. The average Bonchev–Trinajstić information content (AvgIpc) is 2.76. The summed E-state index contributed by atoms with van der Waals surface area (Å²) in [5.41, 5.74) is 2.57. The Balaban J connectivity index is 1.92. The van der Waals surface area contributed by atoms with Crippen molar-refractivity contribution in [3.05, 3.63) is 34.5 Å². The van der Waals surface area contributed by atoms with Crippen LogP contribution in [-0.2, 0) is 0 Å². The van der Waals surface area contributed by atoms with Gasteiger partial charge in [-0.15, -0.1) is 0 Å². The lowest BCUT2D eigenvalue weighted by Crippen LogP contribution is -2.54. The summed E-state index contributed by atoms with van der Waals surface area (Å²) < 4.78 is 0. The third kappa shape index (κ3) is 2.73. The molecule has 118 valence electrons. The molecule has 1 saturated heterocycles. The molecule has 2 heterocycles. The molecule has 1 aliphatic rings. The van der Waals surface area contributed by atoms with Gasteiger partial charge < -0.3 is 15.6 Å². The van der Waals surface area contributed by atoms with Crippen molar-refractivity contribution in [1.29, 1.82) is 0 Å². The normalized spacial score (nSPS) is 21.0. The van der Waals surface area contributed by atoms with Gasteiger partial charge in [0.15, 0.2) is 0 Å². The monoisotopic (exact) mass is 319 g/mol. The van der Waals surface area contributed by atoms with Gasteiger partial charge in [-0.05, 0) is 43.5 Å². The smallest absolute Gasteiger partial charge is 0.253 e. The van der Waals surface area contributed by atoms with Crippen LogP contribution < -0.4 is 10.6 Å². The van der Waals surface area contributed by atoms with Crippen molar-refractivity contribution in [2.24, 2.45) is 5.41 Å². The Morgan fingerprint density at radius 1 is 1.41 bits per heavy atom. The minimum atomic E-state index is -0.0222.